The molecule has 0 spiro atoms. The van der Waals surface area contributed by atoms with E-state index in [0.29, 0.717) is 25.7 Å². The number of hydrogen-bond donors (Lipinski definition) is 3. The first kappa shape index (κ1) is 83.1. The van der Waals surface area contributed by atoms with E-state index >= 15 is 0 Å². The van der Waals surface area contributed by atoms with Crippen molar-refractivity contribution >= 4 is 39.5 Å². The Kier molecular flexibility index (Phi) is 59.6. The lowest BCUT2D eigenvalue weighted by Crippen LogP contribution is -2.30. The molecule has 0 aliphatic heterocycles. The average molecular weight is 1260 g/mol. The average Bonchev–Trinajstić information content (AvgIpc) is 3.56. The van der Waals surface area contributed by atoms with E-state index in [1.165, 1.54) is 161 Å². The maximum Gasteiger partial charge on any atom is 0.472 e. The molecule has 0 aromatic heterocycles. The number of aliphatic hydroxyl groups is 1. The minimum Gasteiger partial charge on any atom is -0.462 e. The fourth-order valence-electron chi connectivity index (χ4n) is 9.99. The summed E-state index contributed by atoms with van der Waals surface area (Å²) in [6.07, 6.45) is 47.2. The molecule has 0 fully saturated rings. The molecule has 0 aliphatic carbocycles. The van der Waals surface area contributed by atoms with Gasteiger partial charge in [0.15, 0.2) is 12.2 Å². The summed E-state index contributed by atoms with van der Waals surface area (Å²) >= 11 is 0. The van der Waals surface area contributed by atoms with Crippen LogP contribution in [0.1, 0.15) is 342 Å². The van der Waals surface area contributed by atoms with Gasteiger partial charge in [-0.3, -0.25) is 37.3 Å². The molecule has 85 heavy (non-hydrogen) atoms. The molecule has 19 heteroatoms. The van der Waals surface area contributed by atoms with Crippen molar-refractivity contribution in [2.24, 2.45) is 0 Å². The van der Waals surface area contributed by atoms with Crippen LogP contribution in [0.2, 0.25) is 0 Å². The van der Waals surface area contributed by atoms with Crippen molar-refractivity contribution in [2.75, 3.05) is 39.6 Å². The maximum absolute atomic E-state index is 13.0. The van der Waals surface area contributed by atoms with Crippen LogP contribution in [0.15, 0.2) is 0 Å². The summed E-state index contributed by atoms with van der Waals surface area (Å²) in [6.45, 7) is 4.87. The Balaban J connectivity index is 5.15. The van der Waals surface area contributed by atoms with Crippen LogP contribution in [-0.2, 0) is 65.4 Å². The Labute approximate surface area is 517 Å². The predicted molar refractivity (Wildman–Crippen MR) is 340 cm³/mol. The molecule has 0 heterocycles. The largest absolute Gasteiger partial charge is 0.472 e. The zero-order valence-corrected chi connectivity index (χ0v) is 56.4. The van der Waals surface area contributed by atoms with Gasteiger partial charge in [-0.1, -0.05) is 291 Å². The molecular formula is C66H128O17P2. The lowest BCUT2D eigenvalue weighted by Gasteiger charge is -2.21. The number of rotatable bonds is 67. The van der Waals surface area contributed by atoms with Crippen molar-refractivity contribution < 1.29 is 80.2 Å². The van der Waals surface area contributed by atoms with E-state index in [9.17, 15) is 43.2 Å². The third kappa shape index (κ3) is 60.7. The van der Waals surface area contributed by atoms with E-state index in [0.717, 1.165) is 103 Å². The molecule has 0 rings (SSSR count). The topological polar surface area (TPSA) is 237 Å². The summed E-state index contributed by atoms with van der Waals surface area (Å²) in [7, 11) is -9.88. The molecule has 504 valence electrons. The highest BCUT2D eigenvalue weighted by molar-refractivity contribution is 7.47. The zero-order valence-electron chi connectivity index (χ0n) is 54.6. The van der Waals surface area contributed by atoms with Crippen LogP contribution in [-0.4, -0.2) is 96.7 Å². The molecular weight excluding hydrogens is 1130 g/mol. The van der Waals surface area contributed by atoms with Crippen LogP contribution in [0.3, 0.4) is 0 Å². The second-order valence-corrected chi connectivity index (χ2v) is 26.8. The van der Waals surface area contributed by atoms with Crippen molar-refractivity contribution in [1.29, 1.82) is 0 Å². The summed E-state index contributed by atoms with van der Waals surface area (Å²) in [5, 5.41) is 10.5. The standard InChI is InChI=1S/C66H128O17P2/c1-5-9-13-17-21-24-27-29-30-31-34-36-40-43-47-51-64(69)76-56-61(82-65(70)52-48-44-38-20-16-12-8-4)58-80-84(72,73)78-54-60(67)55-79-85(74,75)81-59-62(57-77-63(68)50-46-42-39-35-32-26-23-19-15-11-7-3)83-66(71)53-49-45-41-37-33-28-25-22-18-14-10-6-2/h60-62,67H,5-59H2,1-4H3,(H,72,73)(H,74,75)/t60-,61-,62-/m1/s1. The normalized spacial score (nSPS) is 14.1. The number of esters is 4. The number of carbonyl (C=O) groups is 4. The molecule has 0 saturated carbocycles. The van der Waals surface area contributed by atoms with Gasteiger partial charge in [0.25, 0.3) is 0 Å². The predicted octanol–water partition coefficient (Wildman–Crippen LogP) is 18.7. The third-order valence-electron chi connectivity index (χ3n) is 15.4. The van der Waals surface area contributed by atoms with Crippen molar-refractivity contribution in [2.45, 2.75) is 361 Å². The first-order valence-corrected chi connectivity index (χ1v) is 37.8. The van der Waals surface area contributed by atoms with Crippen molar-refractivity contribution in [3.63, 3.8) is 0 Å². The Morgan fingerprint density at radius 2 is 0.471 bits per heavy atom. The quantitative estimate of drug-likeness (QED) is 0.0222. The van der Waals surface area contributed by atoms with Gasteiger partial charge in [0.1, 0.15) is 19.3 Å². The fraction of sp³-hybridized carbons (Fsp3) is 0.939. The van der Waals surface area contributed by atoms with Gasteiger partial charge in [-0.2, -0.15) is 0 Å². The van der Waals surface area contributed by atoms with Gasteiger partial charge >= 0.3 is 39.5 Å². The van der Waals surface area contributed by atoms with Crippen LogP contribution < -0.4 is 0 Å². The number of phosphoric ester groups is 2. The Hall–Kier alpha value is -1.94. The van der Waals surface area contributed by atoms with Gasteiger partial charge in [0.05, 0.1) is 26.4 Å². The summed E-state index contributed by atoms with van der Waals surface area (Å²) in [5.41, 5.74) is 0. The van der Waals surface area contributed by atoms with Crippen molar-refractivity contribution in [3.8, 4) is 0 Å². The molecule has 0 aliphatic rings. The van der Waals surface area contributed by atoms with Crippen LogP contribution in [0, 0.1) is 0 Å². The van der Waals surface area contributed by atoms with Gasteiger partial charge in [0.2, 0.25) is 0 Å². The second kappa shape index (κ2) is 60.9. The second-order valence-electron chi connectivity index (χ2n) is 23.9. The molecule has 0 aromatic carbocycles. The third-order valence-corrected chi connectivity index (χ3v) is 17.3. The molecule has 3 N–H and O–H groups in total. The molecule has 17 nitrogen and oxygen atoms in total. The molecule has 0 amide bonds. The minimum absolute atomic E-state index is 0.105. The van der Waals surface area contributed by atoms with Gasteiger partial charge in [-0.25, -0.2) is 9.13 Å². The van der Waals surface area contributed by atoms with E-state index in [-0.39, 0.29) is 25.7 Å². The van der Waals surface area contributed by atoms with Crippen molar-refractivity contribution in [3.05, 3.63) is 0 Å². The molecule has 0 aromatic rings. The first-order chi connectivity index (χ1) is 41.2. The smallest absolute Gasteiger partial charge is 0.462 e. The first-order valence-electron chi connectivity index (χ1n) is 34.8. The molecule has 0 radical (unpaired) electrons. The number of phosphoric acid groups is 2. The van der Waals surface area contributed by atoms with Gasteiger partial charge in [-0.15, -0.1) is 0 Å². The highest BCUT2D eigenvalue weighted by atomic mass is 31.2. The summed E-state index contributed by atoms with van der Waals surface area (Å²) in [6, 6.07) is 0. The Bertz CT molecular complexity index is 1640. The lowest BCUT2D eigenvalue weighted by atomic mass is 10.0. The fourth-order valence-corrected chi connectivity index (χ4v) is 11.6. The summed E-state index contributed by atoms with van der Waals surface area (Å²) in [4.78, 5) is 72.2. The zero-order chi connectivity index (χ0) is 62.6. The number of hydrogen-bond acceptors (Lipinski definition) is 15. The monoisotopic (exact) mass is 1250 g/mol. The number of unbranched alkanes of at least 4 members (excludes halogenated alkanes) is 41. The van der Waals surface area contributed by atoms with Crippen LogP contribution in [0.25, 0.3) is 0 Å². The molecule has 0 saturated heterocycles. The number of carbonyl (C=O) groups excluding carboxylic acids is 4. The van der Waals surface area contributed by atoms with Gasteiger partial charge in [0, 0.05) is 25.7 Å². The SMILES string of the molecule is CCCCCCCCCCCCCCCCCC(=O)OC[C@H](COP(=O)(O)OC[C@@H](O)COP(=O)(O)OC[C@@H](COC(=O)CCCCCCCCCCCCC)OC(=O)CCCCCCCCCCCCCC)OC(=O)CCCCCCCCC. The molecule has 2 unspecified atom stereocenters. The van der Waals surface area contributed by atoms with Crippen LogP contribution >= 0.6 is 15.6 Å². The summed E-state index contributed by atoms with van der Waals surface area (Å²) in [5.74, 6) is -2.13. The summed E-state index contributed by atoms with van der Waals surface area (Å²) < 4.78 is 68.0. The number of ether oxygens (including phenoxy) is 4. The van der Waals surface area contributed by atoms with Crippen molar-refractivity contribution in [1.82, 2.24) is 0 Å². The van der Waals surface area contributed by atoms with E-state index in [1.807, 2.05) is 0 Å². The van der Waals surface area contributed by atoms with Crippen LogP contribution in [0.4, 0.5) is 0 Å². The van der Waals surface area contributed by atoms with Crippen LogP contribution in [0.5, 0.6) is 0 Å². The maximum atomic E-state index is 13.0. The minimum atomic E-state index is -4.94. The Morgan fingerprint density at radius 1 is 0.282 bits per heavy atom. The van der Waals surface area contributed by atoms with Gasteiger partial charge < -0.3 is 33.8 Å². The highest BCUT2D eigenvalue weighted by Crippen LogP contribution is 2.45. The van der Waals surface area contributed by atoms with Gasteiger partial charge in [-0.05, 0) is 25.7 Å². The van der Waals surface area contributed by atoms with E-state index in [4.69, 9.17) is 37.0 Å². The van der Waals surface area contributed by atoms with E-state index < -0.39 is 97.5 Å². The Morgan fingerprint density at radius 3 is 0.694 bits per heavy atom. The molecule has 0 bridgehead atoms. The number of aliphatic hydroxyl groups excluding tert-OH is 1. The van der Waals surface area contributed by atoms with E-state index in [1.54, 1.807) is 0 Å². The van der Waals surface area contributed by atoms with E-state index in [2.05, 4.69) is 27.7 Å². The molecule has 5 atom stereocenters. The highest BCUT2D eigenvalue weighted by Gasteiger charge is 2.30. The lowest BCUT2D eigenvalue weighted by molar-refractivity contribution is -0.161.